The van der Waals surface area contributed by atoms with Gasteiger partial charge < -0.3 is 20.1 Å². The number of unbranched alkanes of at least 4 members (excludes halogenated alkanes) is 4. The fourth-order valence-corrected chi connectivity index (χ4v) is 1.34. The van der Waals surface area contributed by atoms with Gasteiger partial charge in [0.25, 0.3) is 0 Å². The molecule has 0 aromatic carbocycles. The molecule has 4 nitrogen and oxygen atoms in total. The number of aliphatic hydroxyl groups is 3. The van der Waals surface area contributed by atoms with Crippen molar-refractivity contribution in [3.8, 4) is 0 Å². The van der Waals surface area contributed by atoms with Crippen LogP contribution in [-0.2, 0) is 4.74 Å². The molecule has 0 amide bonds. The number of rotatable bonds is 10. The van der Waals surface area contributed by atoms with Crippen LogP contribution in [0.5, 0.6) is 0 Å². The Labute approximate surface area is 91.9 Å². The van der Waals surface area contributed by atoms with Gasteiger partial charge in [-0.2, -0.15) is 0 Å². The van der Waals surface area contributed by atoms with Gasteiger partial charge in [-0.15, -0.1) is 0 Å². The van der Waals surface area contributed by atoms with E-state index < -0.39 is 12.2 Å². The molecule has 0 bridgehead atoms. The molecule has 0 aliphatic rings. The van der Waals surface area contributed by atoms with Crippen LogP contribution in [-0.4, -0.2) is 47.3 Å². The van der Waals surface area contributed by atoms with Crippen LogP contribution in [0.25, 0.3) is 0 Å². The van der Waals surface area contributed by atoms with E-state index in [1.807, 2.05) is 0 Å². The number of ether oxygens (including phenoxy) is 1. The molecule has 0 rings (SSSR count). The van der Waals surface area contributed by atoms with Gasteiger partial charge in [-0.1, -0.05) is 32.6 Å². The SMILES string of the molecule is CCCCCCCOC(CO)C(O)CO. The lowest BCUT2D eigenvalue weighted by atomic mass is 10.1. The molecule has 0 fully saturated rings. The number of aliphatic hydroxyl groups excluding tert-OH is 3. The van der Waals surface area contributed by atoms with Gasteiger partial charge >= 0.3 is 0 Å². The van der Waals surface area contributed by atoms with Gasteiger partial charge in [0.2, 0.25) is 0 Å². The van der Waals surface area contributed by atoms with E-state index in [9.17, 15) is 5.11 Å². The van der Waals surface area contributed by atoms with Crippen molar-refractivity contribution in [3.05, 3.63) is 0 Å². The minimum atomic E-state index is -0.981. The predicted molar refractivity (Wildman–Crippen MR) is 58.7 cm³/mol. The van der Waals surface area contributed by atoms with Crippen molar-refractivity contribution >= 4 is 0 Å². The van der Waals surface area contributed by atoms with E-state index >= 15 is 0 Å². The summed E-state index contributed by atoms with van der Waals surface area (Å²) in [4.78, 5) is 0. The van der Waals surface area contributed by atoms with Crippen LogP contribution in [0, 0.1) is 0 Å². The third-order valence-corrected chi connectivity index (χ3v) is 2.38. The van der Waals surface area contributed by atoms with Crippen LogP contribution in [0.3, 0.4) is 0 Å². The van der Waals surface area contributed by atoms with Crippen molar-refractivity contribution in [2.45, 2.75) is 51.2 Å². The van der Waals surface area contributed by atoms with Crippen molar-refractivity contribution in [1.82, 2.24) is 0 Å². The summed E-state index contributed by atoms with van der Waals surface area (Å²) in [6, 6.07) is 0. The van der Waals surface area contributed by atoms with E-state index in [0.29, 0.717) is 6.61 Å². The smallest absolute Gasteiger partial charge is 0.109 e. The highest BCUT2D eigenvalue weighted by Gasteiger charge is 2.17. The largest absolute Gasteiger partial charge is 0.394 e. The zero-order valence-electron chi connectivity index (χ0n) is 9.56. The van der Waals surface area contributed by atoms with Crippen LogP contribution in [0.2, 0.25) is 0 Å². The predicted octanol–water partition coefficient (Wildman–Crippen LogP) is 0.687. The Morgan fingerprint density at radius 2 is 1.67 bits per heavy atom. The van der Waals surface area contributed by atoms with Crippen LogP contribution < -0.4 is 0 Å². The van der Waals surface area contributed by atoms with Crippen molar-refractivity contribution in [2.24, 2.45) is 0 Å². The molecular formula is C11H24O4. The first-order chi connectivity index (χ1) is 7.26. The van der Waals surface area contributed by atoms with Crippen molar-refractivity contribution in [3.63, 3.8) is 0 Å². The summed E-state index contributed by atoms with van der Waals surface area (Å²) in [5, 5.41) is 26.8. The van der Waals surface area contributed by atoms with Gasteiger partial charge in [0.05, 0.1) is 13.2 Å². The Hall–Kier alpha value is -0.160. The highest BCUT2D eigenvalue weighted by Crippen LogP contribution is 2.05. The zero-order chi connectivity index (χ0) is 11.5. The van der Waals surface area contributed by atoms with E-state index in [1.165, 1.54) is 19.3 Å². The lowest BCUT2D eigenvalue weighted by Gasteiger charge is -2.19. The molecule has 0 aliphatic heterocycles. The Kier molecular flexibility index (Phi) is 10.3. The highest BCUT2D eigenvalue weighted by atomic mass is 16.5. The molecule has 3 N–H and O–H groups in total. The van der Waals surface area contributed by atoms with Gasteiger partial charge in [-0.25, -0.2) is 0 Å². The van der Waals surface area contributed by atoms with Crippen molar-refractivity contribution in [2.75, 3.05) is 19.8 Å². The fraction of sp³-hybridized carbons (Fsp3) is 1.00. The van der Waals surface area contributed by atoms with Crippen LogP contribution in [0.1, 0.15) is 39.0 Å². The molecule has 0 heterocycles. The summed E-state index contributed by atoms with van der Waals surface area (Å²) in [6.07, 6.45) is 4.07. The highest BCUT2D eigenvalue weighted by molar-refractivity contribution is 4.66. The van der Waals surface area contributed by atoms with Gasteiger partial charge in [0.15, 0.2) is 0 Å². The fourth-order valence-electron chi connectivity index (χ4n) is 1.34. The molecule has 0 spiro atoms. The summed E-state index contributed by atoms with van der Waals surface area (Å²) in [6.45, 7) is 2.07. The van der Waals surface area contributed by atoms with E-state index in [4.69, 9.17) is 14.9 Å². The molecule has 0 saturated carbocycles. The first-order valence-electron chi connectivity index (χ1n) is 5.77. The number of hydrogen-bond acceptors (Lipinski definition) is 4. The normalized spacial score (nSPS) is 15.2. The molecule has 0 radical (unpaired) electrons. The second kappa shape index (κ2) is 10.4. The van der Waals surface area contributed by atoms with E-state index in [1.54, 1.807) is 0 Å². The molecule has 0 aromatic heterocycles. The van der Waals surface area contributed by atoms with Crippen molar-refractivity contribution in [1.29, 1.82) is 0 Å². The number of hydrogen-bond donors (Lipinski definition) is 3. The minimum absolute atomic E-state index is 0.253. The first-order valence-corrected chi connectivity index (χ1v) is 5.77. The maximum atomic E-state index is 9.22. The minimum Gasteiger partial charge on any atom is -0.394 e. The third kappa shape index (κ3) is 7.73. The molecule has 0 aromatic rings. The standard InChI is InChI=1S/C11H24O4/c1-2-3-4-5-6-7-15-11(9-13)10(14)8-12/h10-14H,2-9H2,1H3. The zero-order valence-corrected chi connectivity index (χ0v) is 9.56. The van der Waals surface area contributed by atoms with Crippen molar-refractivity contribution < 1.29 is 20.1 Å². The second-order valence-electron chi connectivity index (χ2n) is 3.76. The summed E-state index contributed by atoms with van der Waals surface area (Å²) in [7, 11) is 0. The Bertz CT molecular complexity index is 130. The topological polar surface area (TPSA) is 69.9 Å². The summed E-state index contributed by atoms with van der Waals surface area (Å²) in [5.41, 5.74) is 0. The monoisotopic (exact) mass is 220 g/mol. The first kappa shape index (κ1) is 14.8. The van der Waals surface area contributed by atoms with E-state index in [-0.39, 0.29) is 13.2 Å². The maximum Gasteiger partial charge on any atom is 0.109 e. The Morgan fingerprint density at radius 3 is 2.20 bits per heavy atom. The van der Waals surface area contributed by atoms with Crippen LogP contribution >= 0.6 is 0 Å². The van der Waals surface area contributed by atoms with E-state index in [2.05, 4.69) is 6.92 Å². The average molecular weight is 220 g/mol. The molecule has 0 aliphatic carbocycles. The van der Waals surface area contributed by atoms with Gasteiger partial charge in [-0.3, -0.25) is 0 Å². The third-order valence-electron chi connectivity index (χ3n) is 2.38. The molecular weight excluding hydrogens is 196 g/mol. The van der Waals surface area contributed by atoms with Gasteiger partial charge in [-0.05, 0) is 6.42 Å². The van der Waals surface area contributed by atoms with Crippen LogP contribution in [0.15, 0.2) is 0 Å². The summed E-state index contributed by atoms with van der Waals surface area (Å²) in [5.74, 6) is 0. The molecule has 0 saturated heterocycles. The Balaban J connectivity index is 3.38. The molecule has 15 heavy (non-hydrogen) atoms. The lowest BCUT2D eigenvalue weighted by Crippen LogP contribution is -2.35. The van der Waals surface area contributed by atoms with E-state index in [0.717, 1.165) is 12.8 Å². The summed E-state index contributed by atoms with van der Waals surface area (Å²) < 4.78 is 5.26. The van der Waals surface area contributed by atoms with Gasteiger partial charge in [0, 0.05) is 6.61 Å². The summed E-state index contributed by atoms with van der Waals surface area (Å²) >= 11 is 0. The quantitative estimate of drug-likeness (QED) is 0.474. The van der Waals surface area contributed by atoms with Crippen LogP contribution in [0.4, 0.5) is 0 Å². The Morgan fingerprint density at radius 1 is 1.00 bits per heavy atom. The lowest BCUT2D eigenvalue weighted by molar-refractivity contribution is -0.0801. The second-order valence-corrected chi connectivity index (χ2v) is 3.76. The molecule has 2 atom stereocenters. The maximum absolute atomic E-state index is 9.22. The van der Waals surface area contributed by atoms with Gasteiger partial charge in [0.1, 0.15) is 12.2 Å². The average Bonchev–Trinajstić information content (AvgIpc) is 2.27. The molecule has 4 heteroatoms. The molecule has 2 unspecified atom stereocenters. The molecule has 92 valence electrons.